The van der Waals surface area contributed by atoms with Gasteiger partial charge in [-0.3, -0.25) is 4.79 Å². The molecule has 6 rings (SSSR count). The van der Waals surface area contributed by atoms with Gasteiger partial charge in [0.1, 0.15) is 5.75 Å². The number of phenolic OH excluding ortho intramolecular Hbond substituents is 1. The fourth-order valence-electron chi connectivity index (χ4n) is 7.48. The Hall–Kier alpha value is -2.87. The number of piperidine rings is 3. The van der Waals surface area contributed by atoms with Crippen LogP contribution in [-0.4, -0.2) is 112 Å². The fourth-order valence-corrected chi connectivity index (χ4v) is 8.76. The molecule has 3 fully saturated rings. The quantitative estimate of drug-likeness (QED) is 0.361. The molecule has 2 aromatic rings. The van der Waals surface area contributed by atoms with Crippen molar-refractivity contribution in [3.8, 4) is 5.75 Å². The Labute approximate surface area is 299 Å². The van der Waals surface area contributed by atoms with Crippen molar-refractivity contribution in [1.29, 1.82) is 0 Å². The molecule has 0 bridgehead atoms. The van der Waals surface area contributed by atoms with Gasteiger partial charge in [-0.1, -0.05) is 18.2 Å². The highest BCUT2D eigenvalue weighted by Gasteiger charge is 2.37. The lowest BCUT2D eigenvalue weighted by atomic mass is 9.89. The number of likely N-dealkylation sites (tertiary alicyclic amines) is 3. The molecule has 48 heavy (non-hydrogen) atoms. The maximum Gasteiger partial charge on any atom is 0.410 e. The van der Waals surface area contributed by atoms with Gasteiger partial charge in [-0.2, -0.15) is 0 Å². The van der Waals surface area contributed by atoms with E-state index in [2.05, 4.69) is 49.0 Å². The van der Waals surface area contributed by atoms with Crippen LogP contribution in [0.15, 0.2) is 45.3 Å². The fraction of sp³-hybridized carbons (Fsp3) is 0.571. The number of carbonyl (C=O) groups excluding carboxylic acids is 3. The van der Waals surface area contributed by atoms with Crippen molar-refractivity contribution in [2.24, 2.45) is 5.73 Å². The number of rotatable bonds is 6. The molecule has 4 aliphatic heterocycles. The second-order valence-electron chi connectivity index (χ2n) is 14.0. The van der Waals surface area contributed by atoms with Crippen molar-refractivity contribution in [1.82, 2.24) is 19.6 Å². The van der Waals surface area contributed by atoms with Crippen molar-refractivity contribution in [3.05, 3.63) is 56.5 Å². The molecule has 13 heteroatoms. The Bertz CT molecular complexity index is 1480. The molecule has 0 aromatic heterocycles. The second-order valence-corrected chi connectivity index (χ2v) is 15.7. The van der Waals surface area contributed by atoms with E-state index < -0.39 is 12.2 Å². The van der Waals surface area contributed by atoms with Gasteiger partial charge in [-0.15, -0.1) is 0 Å². The molecule has 0 saturated carbocycles. The predicted octanol–water partition coefficient (Wildman–Crippen LogP) is 5.32. The first kappa shape index (κ1) is 35.0. The molecule has 2 aromatic carbocycles. The van der Waals surface area contributed by atoms with Gasteiger partial charge in [0.25, 0.3) is 5.91 Å². The molecule has 1 atom stereocenters. The lowest BCUT2D eigenvalue weighted by Crippen LogP contribution is -2.55. The molecule has 0 radical (unpaired) electrons. The van der Waals surface area contributed by atoms with Crippen LogP contribution in [0.1, 0.15) is 56.6 Å². The zero-order valence-corrected chi connectivity index (χ0v) is 30.7. The van der Waals surface area contributed by atoms with E-state index in [0.717, 1.165) is 62.0 Å². The zero-order valence-electron chi connectivity index (χ0n) is 27.5. The van der Waals surface area contributed by atoms with E-state index in [0.29, 0.717) is 60.6 Å². The third-order valence-electron chi connectivity index (χ3n) is 10.6. The molecule has 4 aliphatic rings. The highest BCUT2D eigenvalue weighted by Crippen LogP contribution is 2.34. The number of fused-ring (bicyclic) bond motifs is 1. The molecule has 0 spiro atoms. The third kappa shape index (κ3) is 8.11. The number of benzene rings is 2. The van der Waals surface area contributed by atoms with Crippen LogP contribution in [0.4, 0.5) is 15.3 Å². The molecular weight excluding hydrogens is 744 g/mol. The Morgan fingerprint density at radius 3 is 2.23 bits per heavy atom. The predicted molar refractivity (Wildman–Crippen MR) is 191 cm³/mol. The second kappa shape index (κ2) is 14.9. The SMILES string of the molecule is CC1(N)CCN(C2CCN(C(=O)[C@@H](Cc3cc(Br)c(O)c(Br)c3)OC(=O)N3CCC(N4CCc5ccccc5NC4=O)CC3)CC2)CC1. The molecule has 3 saturated heterocycles. The van der Waals surface area contributed by atoms with Crippen LogP contribution < -0.4 is 11.1 Å². The Kier molecular flexibility index (Phi) is 10.9. The smallest absolute Gasteiger partial charge is 0.410 e. The number of ether oxygens (including phenoxy) is 1. The molecule has 11 nitrogen and oxygen atoms in total. The van der Waals surface area contributed by atoms with Crippen molar-refractivity contribution >= 4 is 55.6 Å². The number of halogens is 2. The number of phenols is 1. The van der Waals surface area contributed by atoms with Crippen LogP contribution in [0.3, 0.4) is 0 Å². The first-order chi connectivity index (χ1) is 23.0. The summed E-state index contributed by atoms with van der Waals surface area (Å²) in [6, 6.07) is 11.7. The van der Waals surface area contributed by atoms with Crippen LogP contribution in [0, 0.1) is 0 Å². The largest absolute Gasteiger partial charge is 0.506 e. The zero-order chi connectivity index (χ0) is 34.0. The number of aromatic hydroxyl groups is 1. The van der Waals surface area contributed by atoms with E-state index in [1.165, 1.54) is 0 Å². The minimum atomic E-state index is -1.02. The number of carbonyl (C=O) groups is 3. The minimum absolute atomic E-state index is 0.00675. The van der Waals surface area contributed by atoms with E-state index in [4.69, 9.17) is 10.5 Å². The summed E-state index contributed by atoms with van der Waals surface area (Å²) in [6.07, 6.45) is 4.34. The van der Waals surface area contributed by atoms with Gasteiger partial charge < -0.3 is 40.5 Å². The summed E-state index contributed by atoms with van der Waals surface area (Å²) in [5, 5.41) is 13.3. The average Bonchev–Trinajstić information content (AvgIpc) is 3.24. The molecule has 260 valence electrons. The normalized spacial score (nSPS) is 21.7. The van der Waals surface area contributed by atoms with Crippen LogP contribution >= 0.6 is 31.9 Å². The maximum atomic E-state index is 14.0. The van der Waals surface area contributed by atoms with Gasteiger partial charge in [-0.25, -0.2) is 9.59 Å². The van der Waals surface area contributed by atoms with Crippen LogP contribution in [0.5, 0.6) is 5.75 Å². The minimum Gasteiger partial charge on any atom is -0.506 e. The summed E-state index contributed by atoms with van der Waals surface area (Å²) < 4.78 is 7.01. The van der Waals surface area contributed by atoms with E-state index in [-0.39, 0.29) is 35.7 Å². The highest BCUT2D eigenvalue weighted by atomic mass is 79.9. The van der Waals surface area contributed by atoms with Gasteiger partial charge in [0.2, 0.25) is 0 Å². The number of para-hydroxylation sites is 1. The van der Waals surface area contributed by atoms with Gasteiger partial charge >= 0.3 is 12.1 Å². The first-order valence-corrected chi connectivity index (χ1v) is 18.7. The van der Waals surface area contributed by atoms with Gasteiger partial charge in [0.15, 0.2) is 6.10 Å². The van der Waals surface area contributed by atoms with Crippen LogP contribution in [0.25, 0.3) is 0 Å². The highest BCUT2D eigenvalue weighted by molar-refractivity contribution is 9.11. The van der Waals surface area contributed by atoms with Crippen LogP contribution in [0.2, 0.25) is 0 Å². The van der Waals surface area contributed by atoms with E-state index in [9.17, 15) is 19.5 Å². The van der Waals surface area contributed by atoms with Gasteiger partial charge in [-0.05, 0) is 113 Å². The maximum absolute atomic E-state index is 14.0. The Balaban J connectivity index is 1.08. The summed E-state index contributed by atoms with van der Waals surface area (Å²) in [5.41, 5.74) is 8.97. The number of nitrogens with one attached hydrogen (secondary N) is 1. The lowest BCUT2D eigenvalue weighted by molar-refractivity contribution is -0.142. The molecule has 0 aliphatic carbocycles. The number of hydrogen-bond donors (Lipinski definition) is 3. The van der Waals surface area contributed by atoms with Crippen molar-refractivity contribution in [2.75, 3.05) is 51.1 Å². The van der Waals surface area contributed by atoms with Gasteiger partial charge in [0.05, 0.1) is 8.95 Å². The number of amides is 4. The van der Waals surface area contributed by atoms with E-state index >= 15 is 0 Å². The van der Waals surface area contributed by atoms with Crippen molar-refractivity contribution in [3.63, 3.8) is 0 Å². The number of nitrogens with zero attached hydrogens (tertiary/aromatic N) is 4. The molecule has 4 heterocycles. The first-order valence-electron chi connectivity index (χ1n) is 17.1. The monoisotopic (exact) mass is 788 g/mol. The topological polar surface area (TPSA) is 132 Å². The molecular formula is C35H46Br2N6O5. The summed E-state index contributed by atoms with van der Waals surface area (Å²) in [4.78, 5) is 48.6. The molecule has 0 unspecified atom stereocenters. The molecule has 4 amide bonds. The lowest BCUT2D eigenvalue weighted by Gasteiger charge is -2.44. The Morgan fingerprint density at radius 2 is 1.56 bits per heavy atom. The Morgan fingerprint density at radius 1 is 0.958 bits per heavy atom. The summed E-state index contributed by atoms with van der Waals surface area (Å²) in [6.45, 7) is 6.75. The molecule has 4 N–H and O–H groups in total. The summed E-state index contributed by atoms with van der Waals surface area (Å²) in [5.74, 6) is -0.135. The number of urea groups is 1. The average molecular weight is 791 g/mol. The standard InChI is InChI=1S/C35H46Br2N6O5/c1-35(38)11-18-40(19-12-35)25-7-13-41(14-8-25)32(45)30(22-23-20-27(36)31(44)28(37)21-23)48-34(47)42-15-9-26(10-16-42)43-17-6-24-4-2-3-5-29(24)39-33(43)46/h2-5,20-21,25-26,30,44H,6-19,22,38H2,1H3,(H,39,46)/t30-/m1/s1. The van der Waals surface area contributed by atoms with Crippen molar-refractivity contribution in [2.45, 2.75) is 82.0 Å². The summed E-state index contributed by atoms with van der Waals surface area (Å²) >= 11 is 6.77. The third-order valence-corrected chi connectivity index (χ3v) is 11.8. The van der Waals surface area contributed by atoms with Crippen molar-refractivity contribution < 1.29 is 24.2 Å². The summed E-state index contributed by atoms with van der Waals surface area (Å²) in [7, 11) is 0. The van der Waals surface area contributed by atoms with E-state index in [1.54, 1.807) is 17.0 Å². The number of anilines is 1. The number of nitrogens with two attached hydrogens (primary N) is 1. The van der Waals surface area contributed by atoms with E-state index in [1.807, 2.05) is 34.1 Å². The van der Waals surface area contributed by atoms with Gasteiger partial charge in [0, 0.05) is 75.5 Å². The van der Waals surface area contributed by atoms with Crippen LogP contribution in [-0.2, 0) is 22.4 Å². The number of hydrogen-bond acceptors (Lipinski definition) is 7.